The fraction of sp³-hybridized carbons (Fsp3) is 0.571. The summed E-state index contributed by atoms with van der Waals surface area (Å²) in [6.45, 7) is 0.584. The standard InChI is InChI=1S/C14H22ClO6PS2/c1-3-10-23-22(16,19-4-2)20-13-7-5-8-14(12-13)21-24(17,18)11-6-9-15/h5,7-8,12H,3-4,6,9-11H2,1-2H3. The van der Waals surface area contributed by atoms with Gasteiger partial charge in [0.2, 0.25) is 0 Å². The summed E-state index contributed by atoms with van der Waals surface area (Å²) >= 11 is 6.60. The molecule has 0 amide bonds. The van der Waals surface area contributed by atoms with Crippen molar-refractivity contribution >= 4 is 39.9 Å². The number of rotatable bonds is 12. The average Bonchev–Trinajstić information content (AvgIpc) is 2.51. The van der Waals surface area contributed by atoms with E-state index >= 15 is 0 Å². The zero-order valence-corrected chi connectivity index (χ0v) is 16.9. The van der Waals surface area contributed by atoms with E-state index in [1.54, 1.807) is 19.1 Å². The van der Waals surface area contributed by atoms with Crippen LogP contribution in [-0.4, -0.2) is 32.4 Å². The Morgan fingerprint density at radius 3 is 2.58 bits per heavy atom. The molecular formula is C14H22ClO6PS2. The SMILES string of the molecule is CCCSP(=O)(OCC)Oc1cccc(OS(=O)(=O)CCCCl)c1. The normalized spacial score (nSPS) is 14.1. The van der Waals surface area contributed by atoms with E-state index in [1.807, 2.05) is 6.92 Å². The fourth-order valence-corrected chi connectivity index (χ4v) is 6.30. The van der Waals surface area contributed by atoms with Crippen LogP contribution in [-0.2, 0) is 19.2 Å². The van der Waals surface area contributed by atoms with E-state index in [4.69, 9.17) is 24.8 Å². The molecule has 0 aliphatic heterocycles. The minimum absolute atomic E-state index is 0.0885. The van der Waals surface area contributed by atoms with Gasteiger partial charge in [0.25, 0.3) is 0 Å². The van der Waals surface area contributed by atoms with Gasteiger partial charge in [-0.2, -0.15) is 8.42 Å². The number of halogens is 1. The smallest absolute Gasteiger partial charge is 0.417 e. The first-order chi connectivity index (χ1) is 11.3. The van der Waals surface area contributed by atoms with Crippen LogP contribution in [0.25, 0.3) is 0 Å². The second-order valence-electron chi connectivity index (χ2n) is 4.65. The summed E-state index contributed by atoms with van der Waals surface area (Å²) in [5.41, 5.74) is 0. The Bertz CT molecular complexity index is 652. The molecule has 0 N–H and O–H groups in total. The molecule has 24 heavy (non-hydrogen) atoms. The molecule has 138 valence electrons. The molecule has 1 aromatic carbocycles. The molecule has 1 unspecified atom stereocenters. The first kappa shape index (κ1) is 21.6. The van der Waals surface area contributed by atoms with E-state index < -0.39 is 16.9 Å². The van der Waals surface area contributed by atoms with Crippen LogP contribution in [0.1, 0.15) is 26.7 Å². The molecule has 1 aromatic rings. The highest BCUT2D eigenvalue weighted by Crippen LogP contribution is 2.60. The molecule has 0 aromatic heterocycles. The van der Waals surface area contributed by atoms with E-state index in [-0.39, 0.29) is 29.7 Å². The van der Waals surface area contributed by atoms with Crippen molar-refractivity contribution in [2.24, 2.45) is 0 Å². The maximum atomic E-state index is 12.6. The molecular weight excluding hydrogens is 395 g/mol. The molecule has 0 spiro atoms. The van der Waals surface area contributed by atoms with Gasteiger partial charge in [-0.1, -0.05) is 13.0 Å². The third-order valence-electron chi connectivity index (χ3n) is 2.51. The molecule has 0 saturated carbocycles. The summed E-state index contributed by atoms with van der Waals surface area (Å²) in [6, 6.07) is 5.98. The third-order valence-corrected chi connectivity index (χ3v) is 7.97. The molecule has 0 heterocycles. The van der Waals surface area contributed by atoms with Crippen LogP contribution >= 0.6 is 29.8 Å². The number of hydrogen-bond donors (Lipinski definition) is 0. The highest BCUT2D eigenvalue weighted by molar-refractivity contribution is 8.55. The first-order valence-electron chi connectivity index (χ1n) is 7.51. The quantitative estimate of drug-likeness (QED) is 0.278. The second kappa shape index (κ2) is 10.6. The highest BCUT2D eigenvalue weighted by atomic mass is 35.5. The third kappa shape index (κ3) is 8.12. The van der Waals surface area contributed by atoms with Crippen LogP contribution in [0.5, 0.6) is 11.5 Å². The predicted molar refractivity (Wildman–Crippen MR) is 98.8 cm³/mol. The predicted octanol–water partition coefficient (Wildman–Crippen LogP) is 4.69. The summed E-state index contributed by atoms with van der Waals surface area (Å²) in [4.78, 5) is 0. The lowest BCUT2D eigenvalue weighted by Crippen LogP contribution is -2.14. The Hall–Kier alpha value is -0.400. The van der Waals surface area contributed by atoms with Gasteiger partial charge in [-0.05, 0) is 43.3 Å². The van der Waals surface area contributed by atoms with Gasteiger partial charge in [-0.15, -0.1) is 11.6 Å². The highest BCUT2D eigenvalue weighted by Gasteiger charge is 2.26. The van der Waals surface area contributed by atoms with Gasteiger partial charge in [0, 0.05) is 17.7 Å². The van der Waals surface area contributed by atoms with Crippen LogP contribution in [0.15, 0.2) is 24.3 Å². The van der Waals surface area contributed by atoms with Gasteiger partial charge in [0.1, 0.15) is 11.5 Å². The van der Waals surface area contributed by atoms with Gasteiger partial charge in [-0.3, -0.25) is 4.52 Å². The van der Waals surface area contributed by atoms with Crippen molar-refractivity contribution < 1.29 is 26.2 Å². The molecule has 0 saturated heterocycles. The lowest BCUT2D eigenvalue weighted by molar-refractivity contribution is 0.296. The molecule has 0 aliphatic carbocycles. The molecule has 10 heteroatoms. The number of hydrogen-bond acceptors (Lipinski definition) is 7. The lowest BCUT2D eigenvalue weighted by atomic mass is 10.3. The minimum Gasteiger partial charge on any atom is -0.417 e. The van der Waals surface area contributed by atoms with Gasteiger partial charge < -0.3 is 8.71 Å². The van der Waals surface area contributed by atoms with Gasteiger partial charge >= 0.3 is 16.9 Å². The summed E-state index contributed by atoms with van der Waals surface area (Å²) in [5.74, 6) is 0.995. The molecule has 1 atom stereocenters. The van der Waals surface area contributed by atoms with Crippen molar-refractivity contribution in [3.05, 3.63) is 24.3 Å². The molecule has 6 nitrogen and oxygen atoms in total. The number of benzene rings is 1. The zero-order valence-electron chi connectivity index (χ0n) is 13.6. The minimum atomic E-state index is -3.73. The van der Waals surface area contributed by atoms with E-state index in [9.17, 15) is 13.0 Å². The van der Waals surface area contributed by atoms with Crippen molar-refractivity contribution in [3.63, 3.8) is 0 Å². The zero-order chi connectivity index (χ0) is 18.1. The summed E-state index contributed by atoms with van der Waals surface area (Å²) < 4.78 is 51.9. The van der Waals surface area contributed by atoms with E-state index in [2.05, 4.69) is 0 Å². The second-order valence-corrected chi connectivity index (χ2v) is 10.8. The molecule has 0 radical (unpaired) electrons. The van der Waals surface area contributed by atoms with Gasteiger partial charge in [-0.25, -0.2) is 4.57 Å². The Morgan fingerprint density at radius 1 is 1.25 bits per heavy atom. The maximum absolute atomic E-state index is 12.6. The van der Waals surface area contributed by atoms with E-state index in [0.29, 0.717) is 12.2 Å². The fourth-order valence-electron chi connectivity index (χ4n) is 1.58. The van der Waals surface area contributed by atoms with E-state index in [1.165, 1.54) is 12.1 Å². The van der Waals surface area contributed by atoms with E-state index in [0.717, 1.165) is 17.8 Å². The number of alkyl halides is 1. The van der Waals surface area contributed by atoms with Crippen molar-refractivity contribution in [1.29, 1.82) is 0 Å². The Balaban J connectivity index is 2.85. The van der Waals surface area contributed by atoms with Crippen LogP contribution in [0.3, 0.4) is 0 Å². The Morgan fingerprint density at radius 2 is 1.96 bits per heavy atom. The largest absolute Gasteiger partial charge is 0.440 e. The van der Waals surface area contributed by atoms with Crippen molar-refractivity contribution in [2.75, 3.05) is 24.0 Å². The van der Waals surface area contributed by atoms with Crippen molar-refractivity contribution in [2.45, 2.75) is 26.7 Å². The Labute approximate surface area is 152 Å². The molecule has 0 fully saturated rings. The van der Waals surface area contributed by atoms with Crippen LogP contribution in [0.2, 0.25) is 0 Å². The molecule has 0 aliphatic rings. The summed E-state index contributed by atoms with van der Waals surface area (Å²) in [7, 11) is -3.73. The molecule has 1 rings (SSSR count). The van der Waals surface area contributed by atoms with Gasteiger partial charge in [0.15, 0.2) is 0 Å². The van der Waals surface area contributed by atoms with Crippen molar-refractivity contribution in [1.82, 2.24) is 0 Å². The average molecular weight is 417 g/mol. The van der Waals surface area contributed by atoms with Crippen molar-refractivity contribution in [3.8, 4) is 11.5 Å². The summed E-state index contributed by atoms with van der Waals surface area (Å²) in [6.07, 6.45) is 1.13. The van der Waals surface area contributed by atoms with Crippen LogP contribution in [0.4, 0.5) is 0 Å². The first-order valence-corrected chi connectivity index (χ1v) is 12.8. The van der Waals surface area contributed by atoms with Crippen LogP contribution in [0, 0.1) is 0 Å². The topological polar surface area (TPSA) is 78.9 Å². The monoisotopic (exact) mass is 416 g/mol. The van der Waals surface area contributed by atoms with Crippen LogP contribution < -0.4 is 8.71 Å². The maximum Gasteiger partial charge on any atom is 0.440 e. The lowest BCUT2D eigenvalue weighted by Gasteiger charge is -2.17. The molecule has 0 bridgehead atoms. The summed E-state index contributed by atoms with van der Waals surface area (Å²) in [5, 5.41) is 0. The van der Waals surface area contributed by atoms with Gasteiger partial charge in [0.05, 0.1) is 12.4 Å². The Kier molecular flexibility index (Phi) is 9.52.